The van der Waals surface area contributed by atoms with E-state index in [9.17, 15) is 4.79 Å². The van der Waals surface area contributed by atoms with E-state index in [-0.39, 0.29) is 11.5 Å². The fraction of sp³-hybridized carbons (Fsp3) is 0.769. The van der Waals surface area contributed by atoms with Crippen molar-refractivity contribution in [2.45, 2.75) is 26.8 Å². The summed E-state index contributed by atoms with van der Waals surface area (Å²) in [5.41, 5.74) is 0.152. The smallest absolute Gasteiger partial charge is 0.409 e. The molecule has 3 rings (SSSR count). The van der Waals surface area contributed by atoms with E-state index < -0.39 is 0 Å². The molecule has 1 aromatic heterocycles. The van der Waals surface area contributed by atoms with Gasteiger partial charge in [0.2, 0.25) is 0 Å². The van der Waals surface area contributed by atoms with Gasteiger partial charge < -0.3 is 14.2 Å². The summed E-state index contributed by atoms with van der Waals surface area (Å²) in [4.78, 5) is 13.8. The van der Waals surface area contributed by atoms with E-state index >= 15 is 0 Å². The molecule has 1 aliphatic heterocycles. The molecule has 1 saturated carbocycles. The zero-order valence-corrected chi connectivity index (χ0v) is 11.6. The summed E-state index contributed by atoms with van der Waals surface area (Å²) in [7, 11) is 0. The maximum absolute atomic E-state index is 11.9. The van der Waals surface area contributed by atoms with Crippen LogP contribution >= 0.6 is 0 Å². The van der Waals surface area contributed by atoms with Crippen molar-refractivity contribution in [2.24, 2.45) is 17.3 Å². The lowest BCUT2D eigenvalue weighted by Crippen LogP contribution is -2.34. The first-order chi connectivity index (χ1) is 9.02. The molecule has 2 heterocycles. The van der Waals surface area contributed by atoms with Crippen LogP contribution in [0.25, 0.3) is 0 Å². The molecular formula is C13H20N4O2. The number of carbonyl (C=O) groups is 1. The second kappa shape index (κ2) is 4.21. The molecule has 0 aromatic carbocycles. The maximum Gasteiger partial charge on any atom is 0.409 e. The Balaban J connectivity index is 1.58. The molecule has 19 heavy (non-hydrogen) atoms. The summed E-state index contributed by atoms with van der Waals surface area (Å²) in [6.07, 6.45) is 3.34. The summed E-state index contributed by atoms with van der Waals surface area (Å²) in [6, 6.07) is 0.427. The van der Waals surface area contributed by atoms with Crippen LogP contribution < -0.4 is 0 Å². The number of amides is 1. The largest absolute Gasteiger partial charge is 0.449 e. The van der Waals surface area contributed by atoms with Crippen LogP contribution in [0.15, 0.2) is 12.7 Å². The standard InChI is InChI=1S/C13H20N4O2/c1-9(2)5-19-12(18)16-4-10-11(13(10,3)6-16)17-7-14-15-8-17/h7-11H,4-6H2,1-3H3. The van der Waals surface area contributed by atoms with Gasteiger partial charge >= 0.3 is 6.09 Å². The third-order valence-corrected chi connectivity index (χ3v) is 4.30. The molecule has 6 nitrogen and oxygen atoms in total. The first kappa shape index (κ1) is 12.4. The minimum Gasteiger partial charge on any atom is -0.449 e. The molecule has 1 amide bonds. The first-order valence-electron chi connectivity index (χ1n) is 6.78. The van der Waals surface area contributed by atoms with E-state index in [2.05, 4.69) is 21.7 Å². The number of fused-ring (bicyclic) bond motifs is 1. The number of ether oxygens (including phenoxy) is 1. The van der Waals surface area contributed by atoms with Crippen molar-refractivity contribution in [3.05, 3.63) is 12.7 Å². The molecule has 1 aliphatic carbocycles. The van der Waals surface area contributed by atoms with Crippen molar-refractivity contribution in [3.8, 4) is 0 Å². The zero-order chi connectivity index (χ0) is 13.6. The molecule has 0 radical (unpaired) electrons. The number of rotatable bonds is 3. The van der Waals surface area contributed by atoms with Crippen molar-refractivity contribution in [2.75, 3.05) is 19.7 Å². The molecule has 0 bridgehead atoms. The Bertz CT molecular complexity index is 473. The molecule has 3 atom stereocenters. The monoisotopic (exact) mass is 264 g/mol. The van der Waals surface area contributed by atoms with Crippen molar-refractivity contribution >= 4 is 6.09 Å². The van der Waals surface area contributed by atoms with Crippen molar-refractivity contribution in [3.63, 3.8) is 0 Å². The Morgan fingerprint density at radius 1 is 1.47 bits per heavy atom. The lowest BCUT2D eigenvalue weighted by Gasteiger charge is -2.22. The number of hydrogen-bond acceptors (Lipinski definition) is 4. The minimum absolute atomic E-state index is 0.152. The quantitative estimate of drug-likeness (QED) is 0.831. The molecule has 0 N–H and O–H groups in total. The highest BCUT2D eigenvalue weighted by Gasteiger charge is 2.67. The molecule has 1 aromatic rings. The predicted octanol–water partition coefficient (Wildman–Crippen LogP) is 1.56. The van der Waals surface area contributed by atoms with Gasteiger partial charge in [0.25, 0.3) is 0 Å². The van der Waals surface area contributed by atoms with Crippen LogP contribution in [-0.4, -0.2) is 45.5 Å². The van der Waals surface area contributed by atoms with E-state index in [0.717, 1.165) is 13.1 Å². The number of hydrogen-bond donors (Lipinski definition) is 0. The van der Waals surface area contributed by atoms with Gasteiger partial charge in [0.1, 0.15) is 12.7 Å². The van der Waals surface area contributed by atoms with E-state index in [1.54, 1.807) is 12.7 Å². The maximum atomic E-state index is 11.9. The molecule has 3 unspecified atom stereocenters. The topological polar surface area (TPSA) is 60.2 Å². The molecule has 2 aliphatic rings. The first-order valence-corrected chi connectivity index (χ1v) is 6.78. The summed E-state index contributed by atoms with van der Waals surface area (Å²) in [5.74, 6) is 0.872. The van der Waals surface area contributed by atoms with Gasteiger partial charge in [-0.05, 0) is 5.92 Å². The number of nitrogens with zero attached hydrogens (tertiary/aromatic N) is 4. The molecule has 0 spiro atoms. The highest BCUT2D eigenvalue weighted by atomic mass is 16.6. The van der Waals surface area contributed by atoms with Crippen LogP contribution in [-0.2, 0) is 4.74 Å². The van der Waals surface area contributed by atoms with Gasteiger partial charge in [-0.1, -0.05) is 20.8 Å². The van der Waals surface area contributed by atoms with Gasteiger partial charge in [0.05, 0.1) is 6.61 Å². The normalized spacial score (nSPS) is 32.5. The van der Waals surface area contributed by atoms with Crippen LogP contribution in [0.4, 0.5) is 4.79 Å². The van der Waals surface area contributed by atoms with Gasteiger partial charge in [0, 0.05) is 30.5 Å². The Kier molecular flexibility index (Phi) is 2.76. The Morgan fingerprint density at radius 2 is 2.16 bits per heavy atom. The van der Waals surface area contributed by atoms with Gasteiger partial charge in [-0.15, -0.1) is 10.2 Å². The van der Waals surface area contributed by atoms with E-state index in [4.69, 9.17) is 4.74 Å². The summed E-state index contributed by atoms with van der Waals surface area (Å²) >= 11 is 0. The summed E-state index contributed by atoms with van der Waals surface area (Å²) < 4.78 is 7.34. The lowest BCUT2D eigenvalue weighted by atomic mass is 10.1. The average molecular weight is 264 g/mol. The Morgan fingerprint density at radius 3 is 2.68 bits per heavy atom. The van der Waals surface area contributed by atoms with E-state index in [0.29, 0.717) is 24.5 Å². The summed E-state index contributed by atoms with van der Waals surface area (Å²) in [6.45, 7) is 8.33. The number of carbonyl (C=O) groups excluding carboxylic acids is 1. The molecule has 104 valence electrons. The zero-order valence-electron chi connectivity index (χ0n) is 11.6. The van der Waals surface area contributed by atoms with Crippen LogP contribution in [0.2, 0.25) is 0 Å². The fourth-order valence-electron chi connectivity index (χ4n) is 3.24. The third-order valence-electron chi connectivity index (χ3n) is 4.30. The van der Waals surface area contributed by atoms with Gasteiger partial charge in [0.15, 0.2) is 0 Å². The van der Waals surface area contributed by atoms with Crippen LogP contribution in [0.3, 0.4) is 0 Å². The van der Waals surface area contributed by atoms with Crippen LogP contribution in [0, 0.1) is 17.3 Å². The van der Waals surface area contributed by atoms with Crippen molar-refractivity contribution in [1.82, 2.24) is 19.7 Å². The third kappa shape index (κ3) is 1.99. The van der Waals surface area contributed by atoms with E-state index in [1.165, 1.54) is 0 Å². The molecular weight excluding hydrogens is 244 g/mol. The Hall–Kier alpha value is -1.59. The van der Waals surface area contributed by atoms with E-state index in [1.807, 2.05) is 18.7 Å². The second-order valence-electron chi connectivity index (χ2n) is 6.32. The van der Waals surface area contributed by atoms with Crippen molar-refractivity contribution < 1.29 is 9.53 Å². The van der Waals surface area contributed by atoms with Gasteiger partial charge in [-0.3, -0.25) is 0 Å². The number of piperidine rings is 1. The lowest BCUT2D eigenvalue weighted by molar-refractivity contribution is 0.0922. The fourth-order valence-corrected chi connectivity index (χ4v) is 3.24. The number of likely N-dealkylation sites (tertiary alicyclic amines) is 1. The summed E-state index contributed by atoms with van der Waals surface area (Å²) in [5, 5.41) is 7.71. The second-order valence-corrected chi connectivity index (χ2v) is 6.32. The van der Waals surface area contributed by atoms with Crippen LogP contribution in [0.1, 0.15) is 26.8 Å². The molecule has 6 heteroatoms. The average Bonchev–Trinajstić information content (AvgIpc) is 2.82. The van der Waals surface area contributed by atoms with Crippen LogP contribution in [0.5, 0.6) is 0 Å². The van der Waals surface area contributed by atoms with Gasteiger partial charge in [-0.2, -0.15) is 0 Å². The minimum atomic E-state index is -0.176. The highest BCUT2D eigenvalue weighted by molar-refractivity contribution is 5.68. The Labute approximate surface area is 112 Å². The van der Waals surface area contributed by atoms with Crippen molar-refractivity contribution in [1.29, 1.82) is 0 Å². The SMILES string of the molecule is CC(C)COC(=O)N1CC2C(n3cnnc3)C2(C)C1. The highest BCUT2D eigenvalue weighted by Crippen LogP contribution is 2.65. The molecule has 2 fully saturated rings. The predicted molar refractivity (Wildman–Crippen MR) is 68.4 cm³/mol. The van der Waals surface area contributed by atoms with Gasteiger partial charge in [-0.25, -0.2) is 4.79 Å². The number of aromatic nitrogens is 3. The molecule has 1 saturated heterocycles.